The van der Waals surface area contributed by atoms with E-state index < -0.39 is 11.7 Å². The minimum absolute atomic E-state index is 0.0221. The van der Waals surface area contributed by atoms with Crippen LogP contribution in [0.25, 0.3) is 0 Å². The molecule has 1 heterocycles. The number of hydrogen-bond acceptors (Lipinski definition) is 4. The SMILES string of the molecule is CN(CC(=O)c1ccc(Cl)s1)C(=O)OC(C)(C)C. The molecule has 0 fully saturated rings. The Morgan fingerprint density at radius 1 is 1.39 bits per heavy atom. The van der Waals surface area contributed by atoms with Gasteiger partial charge in [0.15, 0.2) is 5.78 Å². The van der Waals surface area contributed by atoms with Crippen molar-refractivity contribution in [2.45, 2.75) is 26.4 Å². The lowest BCUT2D eigenvalue weighted by atomic mass is 10.2. The molecule has 0 spiro atoms. The predicted octanol–water partition coefficient (Wildman–Crippen LogP) is 3.45. The zero-order valence-corrected chi connectivity index (χ0v) is 12.4. The molecule has 0 aromatic carbocycles. The van der Waals surface area contributed by atoms with Crippen molar-refractivity contribution in [1.82, 2.24) is 4.90 Å². The monoisotopic (exact) mass is 289 g/mol. The Morgan fingerprint density at radius 2 is 2.00 bits per heavy atom. The quantitative estimate of drug-likeness (QED) is 0.801. The summed E-state index contributed by atoms with van der Waals surface area (Å²) in [6.07, 6.45) is -0.515. The number of ketones is 1. The first-order chi connectivity index (χ1) is 8.19. The van der Waals surface area contributed by atoms with Gasteiger partial charge in [-0.2, -0.15) is 0 Å². The number of Topliss-reactive ketones (excluding diaryl/α,β-unsaturated/α-hetero) is 1. The predicted molar refractivity (Wildman–Crippen MR) is 72.5 cm³/mol. The van der Waals surface area contributed by atoms with Gasteiger partial charge >= 0.3 is 6.09 Å². The van der Waals surface area contributed by atoms with E-state index in [-0.39, 0.29) is 12.3 Å². The first-order valence-electron chi connectivity index (χ1n) is 5.42. The normalized spacial score (nSPS) is 11.2. The van der Waals surface area contributed by atoms with Crippen LogP contribution in [0.4, 0.5) is 4.79 Å². The van der Waals surface area contributed by atoms with Gasteiger partial charge in [0.05, 0.1) is 15.8 Å². The molecule has 100 valence electrons. The van der Waals surface area contributed by atoms with E-state index in [1.165, 1.54) is 23.3 Å². The molecule has 0 bridgehead atoms. The van der Waals surface area contributed by atoms with E-state index >= 15 is 0 Å². The van der Waals surface area contributed by atoms with E-state index in [0.717, 1.165) is 0 Å². The number of likely N-dealkylation sites (N-methyl/N-ethyl adjacent to an activating group) is 1. The maximum atomic E-state index is 11.8. The van der Waals surface area contributed by atoms with Gasteiger partial charge in [-0.1, -0.05) is 11.6 Å². The minimum Gasteiger partial charge on any atom is -0.444 e. The molecule has 1 amide bonds. The van der Waals surface area contributed by atoms with Gasteiger partial charge in [-0.05, 0) is 32.9 Å². The Hall–Kier alpha value is -1.07. The summed E-state index contributed by atoms with van der Waals surface area (Å²) in [7, 11) is 1.53. The molecule has 6 heteroatoms. The third kappa shape index (κ3) is 4.66. The van der Waals surface area contributed by atoms with Gasteiger partial charge in [0.1, 0.15) is 5.60 Å². The molecule has 0 saturated carbocycles. The van der Waals surface area contributed by atoms with Crippen LogP contribution in [0.2, 0.25) is 4.34 Å². The Morgan fingerprint density at radius 3 is 2.44 bits per heavy atom. The van der Waals surface area contributed by atoms with Crippen molar-refractivity contribution in [2.24, 2.45) is 0 Å². The van der Waals surface area contributed by atoms with Gasteiger partial charge < -0.3 is 9.64 Å². The first-order valence-corrected chi connectivity index (χ1v) is 6.61. The molecule has 1 rings (SSSR count). The number of ether oxygens (including phenoxy) is 1. The zero-order valence-electron chi connectivity index (χ0n) is 10.8. The molecule has 0 saturated heterocycles. The molecule has 0 atom stereocenters. The average Bonchev–Trinajstić information content (AvgIpc) is 2.62. The number of hydrogen-bond donors (Lipinski definition) is 0. The second kappa shape index (κ2) is 5.71. The fraction of sp³-hybridized carbons (Fsp3) is 0.500. The van der Waals surface area contributed by atoms with Gasteiger partial charge in [0.25, 0.3) is 0 Å². The summed E-state index contributed by atoms with van der Waals surface area (Å²) in [6, 6.07) is 3.31. The summed E-state index contributed by atoms with van der Waals surface area (Å²) in [4.78, 5) is 25.3. The maximum Gasteiger partial charge on any atom is 0.410 e. The van der Waals surface area contributed by atoms with Crippen molar-refractivity contribution >= 4 is 34.8 Å². The molecule has 1 aromatic rings. The fourth-order valence-electron chi connectivity index (χ4n) is 1.16. The molecular weight excluding hydrogens is 274 g/mol. The molecule has 0 aliphatic rings. The van der Waals surface area contributed by atoms with Gasteiger partial charge in [-0.25, -0.2) is 4.79 Å². The largest absolute Gasteiger partial charge is 0.444 e. The Kier molecular flexibility index (Phi) is 4.76. The summed E-state index contributed by atoms with van der Waals surface area (Å²) >= 11 is 6.95. The van der Waals surface area contributed by atoms with E-state index in [1.54, 1.807) is 32.9 Å². The second-order valence-electron chi connectivity index (χ2n) is 4.86. The van der Waals surface area contributed by atoms with Crippen LogP contribution in [0, 0.1) is 0 Å². The van der Waals surface area contributed by atoms with E-state index in [0.29, 0.717) is 9.21 Å². The lowest BCUT2D eigenvalue weighted by Crippen LogP contribution is -2.37. The number of nitrogens with zero attached hydrogens (tertiary/aromatic N) is 1. The third-order valence-corrected chi connectivity index (χ3v) is 3.21. The Labute approximate surface area is 115 Å². The standard InChI is InChI=1S/C12H16ClNO3S/c1-12(2,3)17-11(16)14(4)7-8(15)9-5-6-10(13)18-9/h5-6H,7H2,1-4H3. The lowest BCUT2D eigenvalue weighted by molar-refractivity contribution is 0.0295. The van der Waals surface area contributed by atoms with Crippen LogP contribution >= 0.6 is 22.9 Å². The molecule has 0 aliphatic heterocycles. The topological polar surface area (TPSA) is 46.6 Å². The number of amides is 1. The molecule has 18 heavy (non-hydrogen) atoms. The summed E-state index contributed by atoms with van der Waals surface area (Å²) in [6.45, 7) is 5.31. The number of halogens is 1. The van der Waals surface area contributed by atoms with E-state index in [2.05, 4.69) is 0 Å². The highest BCUT2D eigenvalue weighted by atomic mass is 35.5. The average molecular weight is 290 g/mol. The van der Waals surface area contributed by atoms with Gasteiger partial charge in [-0.3, -0.25) is 4.79 Å². The highest BCUT2D eigenvalue weighted by Gasteiger charge is 2.21. The summed E-state index contributed by atoms with van der Waals surface area (Å²) in [5, 5.41) is 0. The highest BCUT2D eigenvalue weighted by Crippen LogP contribution is 2.22. The molecular formula is C12H16ClNO3S. The van der Waals surface area contributed by atoms with Crippen LogP contribution in [0.5, 0.6) is 0 Å². The van der Waals surface area contributed by atoms with Crippen LogP contribution in [-0.2, 0) is 4.74 Å². The molecule has 0 unspecified atom stereocenters. The van der Waals surface area contributed by atoms with Gasteiger partial charge in [-0.15, -0.1) is 11.3 Å². The molecule has 1 aromatic heterocycles. The van der Waals surface area contributed by atoms with E-state index in [9.17, 15) is 9.59 Å². The first kappa shape index (κ1) is 15.0. The van der Waals surface area contributed by atoms with Crippen LogP contribution in [0.1, 0.15) is 30.4 Å². The fourth-order valence-corrected chi connectivity index (χ4v) is 2.13. The zero-order chi connectivity index (χ0) is 13.9. The van der Waals surface area contributed by atoms with Gasteiger partial charge in [0, 0.05) is 7.05 Å². The van der Waals surface area contributed by atoms with E-state index in [1.807, 2.05) is 0 Å². The molecule has 4 nitrogen and oxygen atoms in total. The minimum atomic E-state index is -0.569. The van der Waals surface area contributed by atoms with Gasteiger partial charge in [0.2, 0.25) is 0 Å². The number of rotatable bonds is 3. The Balaban J connectivity index is 2.57. The lowest BCUT2D eigenvalue weighted by Gasteiger charge is -2.24. The summed E-state index contributed by atoms with van der Waals surface area (Å²) in [5.74, 6) is -0.153. The molecule has 0 aliphatic carbocycles. The van der Waals surface area contributed by atoms with Crippen molar-refractivity contribution in [3.63, 3.8) is 0 Å². The van der Waals surface area contributed by atoms with Crippen molar-refractivity contribution in [3.05, 3.63) is 21.3 Å². The smallest absolute Gasteiger partial charge is 0.410 e. The molecule has 0 N–H and O–H groups in total. The van der Waals surface area contributed by atoms with Crippen molar-refractivity contribution in [3.8, 4) is 0 Å². The number of carbonyl (C=O) groups excluding carboxylic acids is 2. The number of carbonyl (C=O) groups is 2. The highest BCUT2D eigenvalue weighted by molar-refractivity contribution is 7.18. The van der Waals surface area contributed by atoms with E-state index in [4.69, 9.17) is 16.3 Å². The van der Waals surface area contributed by atoms with Crippen molar-refractivity contribution < 1.29 is 14.3 Å². The summed E-state index contributed by atoms with van der Waals surface area (Å²) < 4.78 is 5.71. The second-order valence-corrected chi connectivity index (χ2v) is 6.58. The van der Waals surface area contributed by atoms with Crippen LogP contribution in [0.3, 0.4) is 0 Å². The van der Waals surface area contributed by atoms with Crippen LogP contribution < -0.4 is 0 Å². The van der Waals surface area contributed by atoms with Crippen LogP contribution in [-0.4, -0.2) is 36.0 Å². The Bertz CT molecular complexity index is 450. The summed E-state index contributed by atoms with van der Waals surface area (Å²) in [5.41, 5.74) is -0.569. The van der Waals surface area contributed by atoms with Crippen molar-refractivity contribution in [2.75, 3.05) is 13.6 Å². The van der Waals surface area contributed by atoms with Crippen LogP contribution in [0.15, 0.2) is 12.1 Å². The third-order valence-electron chi connectivity index (χ3n) is 1.93. The molecule has 0 radical (unpaired) electrons. The van der Waals surface area contributed by atoms with Crippen molar-refractivity contribution in [1.29, 1.82) is 0 Å². The number of thiophene rings is 1. The maximum absolute atomic E-state index is 11.8.